The van der Waals surface area contributed by atoms with Crippen LogP contribution in [0.5, 0.6) is 28.7 Å². The number of fused-ring (bicyclic) bond motifs is 1. The smallest absolute Gasteiger partial charge is 0.224 e. The second-order valence-electron chi connectivity index (χ2n) is 7.02. The molecule has 0 amide bonds. The third-order valence-electron chi connectivity index (χ3n) is 4.94. The van der Waals surface area contributed by atoms with Gasteiger partial charge in [-0.15, -0.1) is 0 Å². The highest BCUT2D eigenvalue weighted by Gasteiger charge is 2.38. The molecular weight excluding hydrogens is 334 g/mol. The number of hydrogen-bond donors (Lipinski definition) is 1. The minimum absolute atomic E-state index is 0.142. The molecule has 26 heavy (non-hydrogen) atoms. The molecule has 1 heterocycles. The molecule has 0 fully saturated rings. The summed E-state index contributed by atoms with van der Waals surface area (Å²) in [4.78, 5) is 0. The van der Waals surface area contributed by atoms with Gasteiger partial charge < -0.3 is 24.1 Å². The van der Waals surface area contributed by atoms with Gasteiger partial charge in [0.1, 0.15) is 11.8 Å². The monoisotopic (exact) mass is 360 g/mol. The predicted octanol–water partition coefficient (Wildman–Crippen LogP) is 3.13. The van der Waals surface area contributed by atoms with E-state index in [2.05, 4.69) is 14.1 Å². The number of rotatable bonds is 5. The lowest BCUT2D eigenvalue weighted by Gasteiger charge is -2.42. The molecule has 1 atom stereocenters. The summed E-state index contributed by atoms with van der Waals surface area (Å²) in [6.45, 7) is 0.558. The lowest BCUT2D eigenvalue weighted by Crippen LogP contribution is -2.49. The molecule has 0 saturated heterocycles. The van der Waals surface area contributed by atoms with Crippen LogP contribution in [0.1, 0.15) is 17.2 Å². The van der Waals surface area contributed by atoms with E-state index in [0.717, 1.165) is 23.3 Å². The van der Waals surface area contributed by atoms with E-state index >= 15 is 0 Å². The summed E-state index contributed by atoms with van der Waals surface area (Å²) in [6.07, 6.45) is 0.773. The van der Waals surface area contributed by atoms with Gasteiger partial charge in [-0.1, -0.05) is 6.07 Å². The molecule has 0 saturated carbocycles. The number of hydrogen-bond acceptors (Lipinski definition) is 5. The highest BCUT2D eigenvalue weighted by atomic mass is 16.5. The van der Waals surface area contributed by atoms with E-state index in [-0.39, 0.29) is 11.8 Å². The van der Waals surface area contributed by atoms with Crippen molar-refractivity contribution in [3.8, 4) is 28.7 Å². The maximum Gasteiger partial charge on any atom is 0.224 e. The third-order valence-corrected chi connectivity index (χ3v) is 4.94. The van der Waals surface area contributed by atoms with Crippen molar-refractivity contribution in [2.75, 3.05) is 42.2 Å². The fourth-order valence-electron chi connectivity index (χ4n) is 3.39. The number of likely N-dealkylation sites (N-methyl/N-ethyl adjacent to an activating group) is 1. The van der Waals surface area contributed by atoms with E-state index < -0.39 is 0 Å². The van der Waals surface area contributed by atoms with E-state index in [4.69, 9.17) is 18.9 Å². The van der Waals surface area contributed by atoms with Gasteiger partial charge in [0.15, 0.2) is 23.0 Å². The molecular formula is C20H26NO5+. The lowest BCUT2D eigenvalue weighted by atomic mass is 9.94. The van der Waals surface area contributed by atoms with Gasteiger partial charge in [0.25, 0.3) is 0 Å². The van der Waals surface area contributed by atoms with Crippen LogP contribution in [0.4, 0.5) is 0 Å². The predicted molar refractivity (Wildman–Crippen MR) is 98.3 cm³/mol. The van der Waals surface area contributed by atoms with Crippen molar-refractivity contribution in [3.63, 3.8) is 0 Å². The Bertz CT molecular complexity index is 803. The highest BCUT2D eigenvalue weighted by Crippen LogP contribution is 2.45. The Labute approximate surface area is 154 Å². The Hall–Kier alpha value is -2.60. The van der Waals surface area contributed by atoms with E-state index in [1.165, 1.54) is 0 Å². The van der Waals surface area contributed by atoms with Gasteiger partial charge in [-0.25, -0.2) is 0 Å². The normalized spacial score (nSPS) is 17.8. The van der Waals surface area contributed by atoms with Gasteiger partial charge in [-0.2, -0.15) is 0 Å². The van der Waals surface area contributed by atoms with E-state index in [1.54, 1.807) is 27.4 Å². The molecule has 1 unspecified atom stereocenters. The topological polar surface area (TPSA) is 57.2 Å². The molecule has 0 bridgehead atoms. The van der Waals surface area contributed by atoms with Crippen LogP contribution in [0.25, 0.3) is 0 Å². The minimum atomic E-state index is 0.142. The largest absolute Gasteiger partial charge is 0.504 e. The molecule has 0 radical (unpaired) electrons. The Morgan fingerprint density at radius 3 is 2.31 bits per heavy atom. The zero-order chi connectivity index (χ0) is 18.9. The van der Waals surface area contributed by atoms with E-state index in [9.17, 15) is 5.11 Å². The van der Waals surface area contributed by atoms with Crippen LogP contribution in [-0.4, -0.2) is 51.7 Å². The fraction of sp³-hybridized carbons (Fsp3) is 0.400. The van der Waals surface area contributed by atoms with Crippen molar-refractivity contribution in [1.82, 2.24) is 0 Å². The average molecular weight is 360 g/mol. The van der Waals surface area contributed by atoms with Crippen LogP contribution >= 0.6 is 0 Å². The zero-order valence-electron chi connectivity index (χ0n) is 15.9. The maximum atomic E-state index is 9.85. The molecule has 0 spiro atoms. The summed E-state index contributed by atoms with van der Waals surface area (Å²) in [5, 5.41) is 9.85. The quantitative estimate of drug-likeness (QED) is 0.830. The SMILES string of the molecule is COc1cc(CC2c3cc(OC)c(OC)cc3OC[N+]2(C)C)ccc1O. The van der Waals surface area contributed by atoms with E-state index in [0.29, 0.717) is 28.5 Å². The van der Waals surface area contributed by atoms with E-state index in [1.807, 2.05) is 24.3 Å². The molecule has 6 heteroatoms. The molecule has 1 aliphatic rings. The maximum absolute atomic E-state index is 9.85. The van der Waals surface area contributed by atoms with Crippen LogP contribution in [0, 0.1) is 0 Å². The summed E-state index contributed by atoms with van der Waals surface area (Å²) in [7, 11) is 9.09. The number of phenolic OH excluding ortho intramolecular Hbond substituents is 1. The van der Waals surface area contributed by atoms with Crippen LogP contribution < -0.4 is 18.9 Å². The van der Waals surface area contributed by atoms with Crippen LogP contribution in [0.2, 0.25) is 0 Å². The Morgan fingerprint density at radius 2 is 1.65 bits per heavy atom. The Balaban J connectivity index is 2.03. The molecule has 2 aromatic rings. The molecule has 0 aliphatic carbocycles. The summed E-state index contributed by atoms with van der Waals surface area (Å²) in [6, 6.07) is 9.52. The summed E-state index contributed by atoms with van der Waals surface area (Å²) >= 11 is 0. The van der Waals surface area contributed by atoms with Gasteiger partial charge in [0, 0.05) is 12.5 Å². The molecule has 3 rings (SSSR count). The standard InChI is InChI=1S/C20H25NO5/c1-21(2)12-26-17-11-20(25-5)19(24-4)10-14(17)15(21)8-13-6-7-16(22)18(9-13)23-3/h6-7,9-11,15H,8,12H2,1-5H3/p+1. The first-order valence-corrected chi connectivity index (χ1v) is 8.47. The zero-order valence-corrected chi connectivity index (χ0v) is 15.9. The van der Waals surface area contributed by atoms with Gasteiger partial charge in [0.05, 0.1) is 41.0 Å². The van der Waals surface area contributed by atoms with Crippen LogP contribution in [0.3, 0.4) is 0 Å². The molecule has 6 nitrogen and oxygen atoms in total. The molecule has 0 aromatic heterocycles. The molecule has 1 aliphatic heterocycles. The number of methoxy groups -OCH3 is 3. The first-order chi connectivity index (χ1) is 12.4. The number of phenols is 1. The van der Waals surface area contributed by atoms with Crippen LogP contribution in [-0.2, 0) is 6.42 Å². The summed E-state index contributed by atoms with van der Waals surface area (Å²) < 4.78 is 22.8. The number of quaternary nitrogens is 1. The molecule has 2 aromatic carbocycles. The third kappa shape index (κ3) is 3.24. The van der Waals surface area contributed by atoms with Crippen molar-refractivity contribution in [1.29, 1.82) is 0 Å². The van der Waals surface area contributed by atoms with Gasteiger partial charge >= 0.3 is 0 Å². The van der Waals surface area contributed by atoms with Crippen LogP contribution in [0.15, 0.2) is 30.3 Å². The average Bonchev–Trinajstić information content (AvgIpc) is 2.64. The van der Waals surface area contributed by atoms with Gasteiger partial charge in [-0.3, -0.25) is 4.48 Å². The van der Waals surface area contributed by atoms with Crippen molar-refractivity contribution in [2.45, 2.75) is 12.5 Å². The summed E-state index contributed by atoms with van der Waals surface area (Å²) in [5.41, 5.74) is 2.16. The van der Waals surface area contributed by atoms with Crippen molar-refractivity contribution < 1.29 is 28.5 Å². The number of ether oxygens (including phenoxy) is 4. The highest BCUT2D eigenvalue weighted by molar-refractivity contribution is 5.52. The number of benzene rings is 2. The van der Waals surface area contributed by atoms with Crippen molar-refractivity contribution >= 4 is 0 Å². The minimum Gasteiger partial charge on any atom is -0.504 e. The lowest BCUT2D eigenvalue weighted by molar-refractivity contribution is -0.938. The van der Waals surface area contributed by atoms with Crippen molar-refractivity contribution in [3.05, 3.63) is 41.5 Å². The molecule has 140 valence electrons. The Morgan fingerprint density at radius 1 is 1.00 bits per heavy atom. The number of nitrogens with zero attached hydrogens (tertiary/aromatic N) is 1. The second kappa shape index (κ2) is 6.96. The first kappa shape index (κ1) is 18.2. The van der Waals surface area contributed by atoms with Gasteiger partial charge in [0.2, 0.25) is 6.73 Å². The van der Waals surface area contributed by atoms with Crippen molar-refractivity contribution in [2.24, 2.45) is 0 Å². The molecule has 1 N–H and O–H groups in total. The summed E-state index contributed by atoms with van der Waals surface area (Å²) in [5.74, 6) is 2.78. The second-order valence-corrected chi connectivity index (χ2v) is 7.02. The fourth-order valence-corrected chi connectivity index (χ4v) is 3.39. The Kier molecular flexibility index (Phi) is 4.87. The van der Waals surface area contributed by atoms with Gasteiger partial charge in [-0.05, 0) is 23.8 Å². The first-order valence-electron chi connectivity index (χ1n) is 8.47. The number of aromatic hydroxyl groups is 1.